The first-order valence-corrected chi connectivity index (χ1v) is 10.5. The third kappa shape index (κ3) is 8.31. The molecule has 2 aromatic carbocycles. The monoisotopic (exact) mass is 445 g/mol. The van der Waals surface area contributed by atoms with Crippen LogP contribution in [0.2, 0.25) is 0 Å². The van der Waals surface area contributed by atoms with Gasteiger partial charge in [-0.1, -0.05) is 42.5 Å². The maximum atomic E-state index is 12.3. The Bertz CT molecular complexity index is 908. The Morgan fingerprint density at radius 3 is 2.30 bits per heavy atom. The van der Waals surface area contributed by atoms with Crippen LogP contribution in [-0.4, -0.2) is 45.1 Å². The molecule has 0 spiro atoms. The van der Waals surface area contributed by atoms with Gasteiger partial charge in [-0.3, -0.25) is 4.18 Å². The van der Waals surface area contributed by atoms with Crippen LogP contribution in [0.25, 0.3) is 0 Å². The quantitative estimate of drug-likeness (QED) is 0.541. The average Bonchev–Trinajstić information content (AvgIpc) is 2.69. The number of benzene rings is 2. The van der Waals surface area contributed by atoms with E-state index in [0.29, 0.717) is 0 Å². The van der Waals surface area contributed by atoms with Crippen LogP contribution in [0.5, 0.6) is 5.75 Å². The first-order valence-electron chi connectivity index (χ1n) is 8.68. The van der Waals surface area contributed by atoms with E-state index in [9.17, 15) is 27.1 Å². The van der Waals surface area contributed by atoms with E-state index in [-0.39, 0.29) is 17.9 Å². The number of hydrogen-bond acceptors (Lipinski definition) is 7. The first kappa shape index (κ1) is 23.5. The zero-order chi connectivity index (χ0) is 22.1. The number of amides is 1. The van der Waals surface area contributed by atoms with Gasteiger partial charge in [0.05, 0.1) is 18.9 Å². The minimum atomic E-state index is -3.85. The van der Waals surface area contributed by atoms with Gasteiger partial charge in [-0.2, -0.15) is 17.2 Å². The van der Waals surface area contributed by atoms with Crippen molar-refractivity contribution in [1.29, 1.82) is 0 Å². The van der Waals surface area contributed by atoms with Gasteiger partial charge < -0.3 is 19.9 Å². The minimum absolute atomic E-state index is 0.0396. The fourth-order valence-electron chi connectivity index (χ4n) is 2.40. The lowest BCUT2D eigenvalue weighted by Gasteiger charge is -2.24. The second kappa shape index (κ2) is 10.9. The van der Waals surface area contributed by atoms with Gasteiger partial charge in [-0.05, 0) is 23.3 Å². The van der Waals surface area contributed by atoms with Gasteiger partial charge in [0.25, 0.3) is 10.1 Å². The molecule has 2 aromatic rings. The van der Waals surface area contributed by atoms with Crippen molar-refractivity contribution in [3.8, 4) is 5.75 Å². The lowest BCUT2D eigenvalue weighted by molar-refractivity contribution is -0.0498. The minimum Gasteiger partial charge on any atom is -0.445 e. The largest absolute Gasteiger partial charge is 0.445 e. The predicted molar refractivity (Wildman–Crippen MR) is 102 cm³/mol. The Labute approximate surface area is 172 Å². The molecule has 0 aliphatic heterocycles. The van der Waals surface area contributed by atoms with Gasteiger partial charge >= 0.3 is 12.7 Å². The van der Waals surface area contributed by atoms with Crippen molar-refractivity contribution in [3.05, 3.63) is 65.7 Å². The van der Waals surface area contributed by atoms with E-state index < -0.39 is 41.6 Å². The zero-order valence-corrected chi connectivity index (χ0v) is 16.7. The number of halogens is 2. The molecule has 0 heterocycles. The molecule has 1 amide bonds. The van der Waals surface area contributed by atoms with Crippen molar-refractivity contribution in [2.45, 2.75) is 25.4 Å². The first-order chi connectivity index (χ1) is 14.1. The fourth-order valence-corrected chi connectivity index (χ4v) is 2.80. The Hall–Kier alpha value is -2.76. The smallest absolute Gasteiger partial charge is 0.407 e. The summed E-state index contributed by atoms with van der Waals surface area (Å²) < 4.78 is 61.1. The van der Waals surface area contributed by atoms with Gasteiger partial charge in [0.15, 0.2) is 0 Å². The van der Waals surface area contributed by atoms with Gasteiger partial charge in [0, 0.05) is 0 Å². The maximum absolute atomic E-state index is 12.3. The number of alkyl carbamates (subject to hydrolysis) is 1. The summed E-state index contributed by atoms with van der Waals surface area (Å²) in [6.45, 7) is -3.62. The lowest BCUT2D eigenvalue weighted by atomic mass is 10.0. The van der Waals surface area contributed by atoms with E-state index in [1.807, 2.05) is 0 Å². The molecule has 0 aliphatic rings. The standard InChI is InChI=1S/C19H21F2NO7S/c1-30(25,26)28-12-16(22-19(24)27-11-13-5-3-2-4-6-13)17(23)14-7-9-15(10-8-14)29-18(20)21/h2-10,16-18,23H,11-12H2,1H3,(H,22,24)/t16-,17-/m1/s1. The number of ether oxygens (including phenoxy) is 2. The molecule has 2 atom stereocenters. The number of nitrogens with one attached hydrogen (secondary N) is 1. The molecule has 0 radical (unpaired) electrons. The Morgan fingerprint density at radius 2 is 1.73 bits per heavy atom. The summed E-state index contributed by atoms with van der Waals surface area (Å²) >= 11 is 0. The summed E-state index contributed by atoms with van der Waals surface area (Å²) in [4.78, 5) is 12.1. The van der Waals surface area contributed by atoms with E-state index in [0.717, 1.165) is 11.8 Å². The van der Waals surface area contributed by atoms with Gasteiger partial charge in [0.1, 0.15) is 18.5 Å². The number of hydrogen-bond donors (Lipinski definition) is 2. The SMILES string of the molecule is CS(=O)(=O)OC[C@@H](NC(=O)OCc1ccccc1)[C@H](O)c1ccc(OC(F)F)cc1. The van der Waals surface area contributed by atoms with Gasteiger partial charge in [-0.15, -0.1) is 0 Å². The number of aliphatic hydroxyl groups excluding tert-OH is 1. The van der Waals surface area contributed by atoms with Crippen molar-refractivity contribution in [3.63, 3.8) is 0 Å². The summed E-state index contributed by atoms with van der Waals surface area (Å²) in [5.41, 5.74) is 0.939. The molecule has 8 nitrogen and oxygen atoms in total. The average molecular weight is 445 g/mol. The van der Waals surface area contributed by atoms with Crippen molar-refractivity contribution in [2.24, 2.45) is 0 Å². The highest BCUT2D eigenvalue weighted by atomic mass is 32.2. The molecule has 0 saturated carbocycles. The van der Waals surface area contributed by atoms with E-state index in [1.54, 1.807) is 30.3 Å². The molecule has 0 fully saturated rings. The van der Waals surface area contributed by atoms with Gasteiger partial charge in [-0.25, -0.2) is 4.79 Å². The summed E-state index contributed by atoms with van der Waals surface area (Å²) in [7, 11) is -3.85. The fraction of sp³-hybridized carbons (Fsp3) is 0.316. The number of carbonyl (C=O) groups is 1. The molecule has 11 heteroatoms. The van der Waals surface area contributed by atoms with E-state index in [2.05, 4.69) is 10.1 Å². The van der Waals surface area contributed by atoms with E-state index in [4.69, 9.17) is 8.92 Å². The summed E-state index contributed by atoms with van der Waals surface area (Å²) in [5, 5.41) is 12.9. The van der Waals surface area contributed by atoms with Crippen LogP contribution >= 0.6 is 0 Å². The molecular formula is C19H21F2NO7S. The second-order valence-corrected chi connectivity index (χ2v) is 7.84. The van der Waals surface area contributed by atoms with Crippen LogP contribution in [0, 0.1) is 0 Å². The highest BCUT2D eigenvalue weighted by Gasteiger charge is 2.25. The second-order valence-electron chi connectivity index (χ2n) is 6.19. The molecule has 2 rings (SSSR count). The van der Waals surface area contributed by atoms with E-state index >= 15 is 0 Å². The molecule has 0 unspecified atom stereocenters. The Kier molecular flexibility index (Phi) is 8.51. The Balaban J connectivity index is 2.06. The number of aliphatic hydroxyl groups is 1. The highest BCUT2D eigenvalue weighted by Crippen LogP contribution is 2.22. The van der Waals surface area contributed by atoms with E-state index in [1.165, 1.54) is 24.3 Å². The lowest BCUT2D eigenvalue weighted by Crippen LogP contribution is -2.43. The number of alkyl halides is 2. The van der Waals surface area contributed by atoms with Crippen LogP contribution in [-0.2, 0) is 25.6 Å². The highest BCUT2D eigenvalue weighted by molar-refractivity contribution is 7.85. The van der Waals surface area contributed by atoms with Crippen molar-refractivity contribution in [2.75, 3.05) is 12.9 Å². The summed E-state index contributed by atoms with van der Waals surface area (Å²) in [6.07, 6.45) is -1.50. The van der Waals surface area contributed by atoms with Crippen LogP contribution in [0.1, 0.15) is 17.2 Å². The third-order valence-electron chi connectivity index (χ3n) is 3.81. The van der Waals surface area contributed by atoms with Crippen LogP contribution in [0.3, 0.4) is 0 Å². The number of rotatable bonds is 10. The molecule has 0 aromatic heterocycles. The molecule has 2 N–H and O–H groups in total. The molecular weight excluding hydrogens is 424 g/mol. The van der Waals surface area contributed by atoms with Crippen molar-refractivity contribution in [1.82, 2.24) is 5.32 Å². The molecule has 0 bridgehead atoms. The molecule has 164 valence electrons. The third-order valence-corrected chi connectivity index (χ3v) is 4.37. The van der Waals surface area contributed by atoms with Gasteiger partial charge in [0.2, 0.25) is 0 Å². The zero-order valence-electron chi connectivity index (χ0n) is 15.9. The van der Waals surface area contributed by atoms with Crippen LogP contribution < -0.4 is 10.1 Å². The predicted octanol–water partition coefficient (Wildman–Crippen LogP) is 2.59. The van der Waals surface area contributed by atoms with Crippen molar-refractivity contribution >= 4 is 16.2 Å². The maximum Gasteiger partial charge on any atom is 0.407 e. The molecule has 30 heavy (non-hydrogen) atoms. The molecule has 0 saturated heterocycles. The van der Waals surface area contributed by atoms with Crippen molar-refractivity contribution < 1.29 is 40.8 Å². The van der Waals surface area contributed by atoms with Crippen LogP contribution in [0.15, 0.2) is 54.6 Å². The van der Waals surface area contributed by atoms with Crippen LogP contribution in [0.4, 0.5) is 13.6 Å². The normalized spacial score (nSPS) is 13.5. The summed E-state index contributed by atoms with van der Waals surface area (Å²) in [6, 6.07) is 12.6. The Morgan fingerprint density at radius 1 is 1.10 bits per heavy atom. The summed E-state index contributed by atoms with van der Waals surface area (Å²) in [5.74, 6) is -0.125. The topological polar surface area (TPSA) is 111 Å². The molecule has 0 aliphatic carbocycles. The number of carbonyl (C=O) groups excluding carboxylic acids is 1.